The molecule has 3 rings (SSSR count). The molecule has 0 aliphatic heterocycles. The molecule has 0 aliphatic carbocycles. The smallest absolute Gasteiger partial charge is 0.274 e. The lowest BCUT2D eigenvalue weighted by molar-refractivity contribution is 0.102. The summed E-state index contributed by atoms with van der Waals surface area (Å²) in [5.74, 6) is -2.49. The van der Waals surface area contributed by atoms with Crippen molar-refractivity contribution < 1.29 is 13.6 Å². The van der Waals surface area contributed by atoms with Gasteiger partial charge in [-0.25, -0.2) is 8.78 Å². The summed E-state index contributed by atoms with van der Waals surface area (Å²) < 4.78 is 26.3. The Hall–Kier alpha value is -3.28. The fourth-order valence-corrected chi connectivity index (χ4v) is 2.60. The molecule has 0 saturated carbocycles. The summed E-state index contributed by atoms with van der Waals surface area (Å²) in [7, 11) is 0. The van der Waals surface area contributed by atoms with Crippen LogP contribution in [0.3, 0.4) is 0 Å². The maximum atomic E-state index is 13.3. The maximum Gasteiger partial charge on any atom is 0.274 e. The number of halogens is 2. The van der Waals surface area contributed by atoms with Crippen molar-refractivity contribution in [2.75, 3.05) is 16.8 Å². The van der Waals surface area contributed by atoms with Gasteiger partial charge < -0.3 is 10.2 Å². The second-order valence-electron chi connectivity index (χ2n) is 5.56. The first-order valence-electron chi connectivity index (χ1n) is 8.13. The number of carbonyl (C=O) groups excluding carboxylic acids is 1. The molecule has 0 atom stereocenters. The molecule has 0 radical (unpaired) electrons. The molecule has 0 saturated heterocycles. The summed E-state index contributed by atoms with van der Waals surface area (Å²) in [6.45, 7) is 2.72. The summed E-state index contributed by atoms with van der Waals surface area (Å²) >= 11 is 0. The first-order chi connectivity index (χ1) is 12.6. The fraction of sp³-hybridized carbons (Fsp3) is 0.100. The van der Waals surface area contributed by atoms with E-state index in [1.165, 1.54) is 6.07 Å². The van der Waals surface area contributed by atoms with E-state index in [1.54, 1.807) is 12.3 Å². The largest absolute Gasteiger partial charge is 0.342 e. The van der Waals surface area contributed by atoms with Crippen LogP contribution < -0.4 is 10.2 Å². The quantitative estimate of drug-likeness (QED) is 0.719. The van der Waals surface area contributed by atoms with Crippen molar-refractivity contribution in [3.05, 3.63) is 84.2 Å². The highest BCUT2D eigenvalue weighted by molar-refractivity contribution is 6.03. The van der Waals surface area contributed by atoms with E-state index in [0.717, 1.165) is 23.5 Å². The summed E-state index contributed by atoms with van der Waals surface area (Å²) in [6.07, 6.45) is 1.54. The first-order valence-corrected chi connectivity index (χ1v) is 8.13. The van der Waals surface area contributed by atoms with E-state index in [2.05, 4.69) is 10.3 Å². The monoisotopic (exact) mass is 353 g/mol. The van der Waals surface area contributed by atoms with Crippen molar-refractivity contribution in [1.29, 1.82) is 0 Å². The third kappa shape index (κ3) is 3.85. The van der Waals surface area contributed by atoms with Crippen LogP contribution in [0.2, 0.25) is 0 Å². The van der Waals surface area contributed by atoms with Crippen molar-refractivity contribution in [1.82, 2.24) is 4.98 Å². The average Bonchev–Trinajstić information content (AvgIpc) is 2.66. The lowest BCUT2D eigenvalue weighted by Gasteiger charge is -2.23. The Morgan fingerprint density at radius 3 is 2.46 bits per heavy atom. The predicted molar refractivity (Wildman–Crippen MR) is 97.7 cm³/mol. The van der Waals surface area contributed by atoms with Gasteiger partial charge >= 0.3 is 0 Å². The van der Waals surface area contributed by atoms with Crippen LogP contribution in [0.1, 0.15) is 17.4 Å². The minimum Gasteiger partial charge on any atom is -0.342 e. The van der Waals surface area contributed by atoms with Gasteiger partial charge in [-0.2, -0.15) is 0 Å². The number of pyridine rings is 1. The van der Waals surface area contributed by atoms with Crippen molar-refractivity contribution in [3.63, 3.8) is 0 Å². The van der Waals surface area contributed by atoms with Crippen LogP contribution in [0.5, 0.6) is 0 Å². The molecule has 1 heterocycles. The zero-order valence-electron chi connectivity index (χ0n) is 14.1. The van der Waals surface area contributed by atoms with Crippen molar-refractivity contribution in [2.45, 2.75) is 6.92 Å². The Bertz CT molecular complexity index is 916. The summed E-state index contributed by atoms with van der Waals surface area (Å²) in [4.78, 5) is 18.5. The molecule has 0 spiro atoms. The van der Waals surface area contributed by atoms with Gasteiger partial charge in [-0.15, -0.1) is 0 Å². The third-order valence-electron chi connectivity index (χ3n) is 3.85. The van der Waals surface area contributed by atoms with E-state index in [4.69, 9.17) is 0 Å². The van der Waals surface area contributed by atoms with Gasteiger partial charge in [0.2, 0.25) is 0 Å². The van der Waals surface area contributed by atoms with E-state index >= 15 is 0 Å². The van der Waals surface area contributed by atoms with Gasteiger partial charge in [0.05, 0.1) is 0 Å². The number of hydrogen-bond donors (Lipinski definition) is 1. The summed E-state index contributed by atoms with van der Waals surface area (Å²) in [6, 6.07) is 16.4. The van der Waals surface area contributed by atoms with Gasteiger partial charge in [0.1, 0.15) is 5.69 Å². The van der Waals surface area contributed by atoms with Gasteiger partial charge in [0.15, 0.2) is 11.6 Å². The zero-order chi connectivity index (χ0) is 18.5. The zero-order valence-corrected chi connectivity index (χ0v) is 14.1. The molecule has 1 aromatic heterocycles. The van der Waals surface area contributed by atoms with Crippen molar-refractivity contribution in [2.24, 2.45) is 0 Å². The van der Waals surface area contributed by atoms with Crippen molar-refractivity contribution >= 4 is 23.0 Å². The lowest BCUT2D eigenvalue weighted by Crippen LogP contribution is -2.18. The molecule has 3 aromatic rings. The minimum absolute atomic E-state index is 0.163. The Labute approximate surface area is 150 Å². The number of hydrogen-bond acceptors (Lipinski definition) is 3. The highest BCUT2D eigenvalue weighted by Gasteiger charge is 2.13. The van der Waals surface area contributed by atoms with Gasteiger partial charge in [-0.1, -0.05) is 18.2 Å². The number of benzene rings is 2. The van der Waals surface area contributed by atoms with E-state index in [9.17, 15) is 13.6 Å². The van der Waals surface area contributed by atoms with Crippen LogP contribution >= 0.6 is 0 Å². The molecule has 132 valence electrons. The summed E-state index contributed by atoms with van der Waals surface area (Å²) in [5, 5.41) is 2.52. The highest BCUT2D eigenvalue weighted by Crippen LogP contribution is 2.25. The molecular weight excluding hydrogens is 336 g/mol. The van der Waals surface area contributed by atoms with Crippen LogP contribution in [0, 0.1) is 11.6 Å². The predicted octanol–water partition coefficient (Wildman–Crippen LogP) is 4.77. The van der Waals surface area contributed by atoms with Crippen LogP contribution in [0.15, 0.2) is 66.9 Å². The Balaban J connectivity index is 1.84. The molecule has 0 aliphatic rings. The molecule has 1 N–H and O–H groups in total. The van der Waals surface area contributed by atoms with Crippen molar-refractivity contribution in [3.8, 4) is 0 Å². The third-order valence-corrected chi connectivity index (χ3v) is 3.85. The van der Waals surface area contributed by atoms with Gasteiger partial charge in [-0.3, -0.25) is 9.78 Å². The van der Waals surface area contributed by atoms with Crippen LogP contribution in [-0.4, -0.2) is 17.4 Å². The topological polar surface area (TPSA) is 45.2 Å². The number of para-hydroxylation sites is 1. The van der Waals surface area contributed by atoms with Crippen LogP contribution in [-0.2, 0) is 0 Å². The molecule has 0 fully saturated rings. The number of nitrogens with one attached hydrogen (secondary N) is 1. The van der Waals surface area contributed by atoms with Gasteiger partial charge in [0, 0.05) is 35.9 Å². The highest BCUT2D eigenvalue weighted by atomic mass is 19.2. The van der Waals surface area contributed by atoms with Gasteiger partial charge in [-0.05, 0) is 43.3 Å². The molecule has 26 heavy (non-hydrogen) atoms. The minimum atomic E-state index is -1.02. The van der Waals surface area contributed by atoms with Crippen LogP contribution in [0.4, 0.5) is 25.8 Å². The van der Waals surface area contributed by atoms with E-state index in [-0.39, 0.29) is 11.4 Å². The Kier molecular flexibility index (Phi) is 5.22. The first kappa shape index (κ1) is 17.5. The number of aromatic nitrogens is 1. The fourth-order valence-electron chi connectivity index (χ4n) is 2.60. The molecule has 0 unspecified atom stereocenters. The number of amides is 1. The van der Waals surface area contributed by atoms with E-state index < -0.39 is 17.5 Å². The van der Waals surface area contributed by atoms with E-state index in [0.29, 0.717) is 6.54 Å². The SMILES string of the molecule is CCN(c1ccccc1)c1ccnc(C(=O)Nc2ccc(F)c(F)c2)c1. The Morgan fingerprint density at radius 1 is 1.00 bits per heavy atom. The second-order valence-corrected chi connectivity index (χ2v) is 5.56. The normalized spacial score (nSPS) is 10.4. The second kappa shape index (κ2) is 7.74. The number of rotatable bonds is 5. The molecule has 4 nitrogen and oxygen atoms in total. The number of nitrogens with zero attached hydrogens (tertiary/aromatic N) is 2. The Morgan fingerprint density at radius 2 is 1.77 bits per heavy atom. The summed E-state index contributed by atoms with van der Waals surface area (Å²) in [5.41, 5.74) is 2.15. The number of anilines is 3. The standard InChI is InChI=1S/C20H17F2N3O/c1-2-25(15-6-4-3-5-7-15)16-10-11-23-19(13-16)20(26)24-14-8-9-17(21)18(22)12-14/h3-13H,2H2,1H3,(H,24,26). The molecule has 2 aromatic carbocycles. The van der Waals surface area contributed by atoms with Gasteiger partial charge in [0.25, 0.3) is 5.91 Å². The molecule has 0 bridgehead atoms. The average molecular weight is 353 g/mol. The number of carbonyl (C=O) groups is 1. The molecule has 6 heteroatoms. The van der Waals surface area contributed by atoms with Crippen LogP contribution in [0.25, 0.3) is 0 Å². The molecular formula is C20H17F2N3O. The maximum absolute atomic E-state index is 13.3. The van der Waals surface area contributed by atoms with E-state index in [1.807, 2.05) is 48.2 Å². The lowest BCUT2D eigenvalue weighted by atomic mass is 10.2. The molecule has 1 amide bonds.